The Hall–Kier alpha value is -2.36. The number of rotatable bonds is 4. The van der Waals surface area contributed by atoms with Crippen molar-refractivity contribution < 1.29 is 4.79 Å². The summed E-state index contributed by atoms with van der Waals surface area (Å²) in [6.45, 7) is 2.16. The van der Waals surface area contributed by atoms with Crippen LogP contribution in [0.25, 0.3) is 0 Å². The highest BCUT2D eigenvalue weighted by Gasteiger charge is 2.44. The fourth-order valence-corrected chi connectivity index (χ4v) is 3.84. The molecule has 1 N–H and O–H groups in total. The van der Waals surface area contributed by atoms with Crippen molar-refractivity contribution in [2.75, 3.05) is 23.3 Å². The molecule has 25 heavy (non-hydrogen) atoms. The summed E-state index contributed by atoms with van der Waals surface area (Å²) >= 11 is 0. The van der Waals surface area contributed by atoms with E-state index in [1.807, 2.05) is 24.4 Å². The van der Waals surface area contributed by atoms with E-state index in [2.05, 4.69) is 33.4 Å². The lowest BCUT2D eigenvalue weighted by molar-refractivity contribution is -0.117. The summed E-state index contributed by atoms with van der Waals surface area (Å²) in [5.74, 6) is 0.525. The molecular weight excluding hydrogens is 310 g/mol. The molecule has 4 nitrogen and oxygen atoms in total. The number of benzene rings is 1. The molecule has 1 aliphatic heterocycles. The van der Waals surface area contributed by atoms with Gasteiger partial charge in [-0.3, -0.25) is 9.78 Å². The van der Waals surface area contributed by atoms with Gasteiger partial charge in [0.05, 0.1) is 11.4 Å². The molecule has 2 aromatic rings. The highest BCUT2D eigenvalue weighted by molar-refractivity contribution is 5.98. The lowest BCUT2D eigenvalue weighted by Crippen LogP contribution is -2.26. The fraction of sp³-hybridized carbons (Fsp3) is 0.429. The van der Waals surface area contributed by atoms with Crippen LogP contribution in [0.2, 0.25) is 0 Å². The van der Waals surface area contributed by atoms with Gasteiger partial charge in [-0.05, 0) is 48.9 Å². The first-order chi connectivity index (χ1) is 12.3. The van der Waals surface area contributed by atoms with E-state index < -0.39 is 0 Å². The summed E-state index contributed by atoms with van der Waals surface area (Å²) < 4.78 is 0. The van der Waals surface area contributed by atoms with Gasteiger partial charge in [0.15, 0.2) is 0 Å². The molecular formula is C21H25N3O. The normalized spacial score (nSPS) is 23.0. The van der Waals surface area contributed by atoms with Crippen LogP contribution >= 0.6 is 0 Å². The number of hydrogen-bond acceptors (Lipinski definition) is 3. The van der Waals surface area contributed by atoms with Gasteiger partial charge in [0.25, 0.3) is 0 Å². The number of aromatic nitrogens is 1. The van der Waals surface area contributed by atoms with E-state index in [0.717, 1.165) is 30.9 Å². The van der Waals surface area contributed by atoms with Crippen molar-refractivity contribution >= 4 is 17.3 Å². The monoisotopic (exact) mass is 335 g/mol. The molecule has 0 unspecified atom stereocenters. The molecule has 2 heterocycles. The first-order valence-corrected chi connectivity index (χ1v) is 9.38. The van der Waals surface area contributed by atoms with E-state index >= 15 is 0 Å². The molecule has 1 amide bonds. The van der Waals surface area contributed by atoms with Crippen molar-refractivity contribution in [2.45, 2.75) is 38.0 Å². The molecule has 1 aromatic carbocycles. The van der Waals surface area contributed by atoms with Crippen LogP contribution < -0.4 is 10.2 Å². The highest BCUT2D eigenvalue weighted by atomic mass is 16.2. The van der Waals surface area contributed by atoms with Crippen molar-refractivity contribution in [3.05, 3.63) is 54.4 Å². The van der Waals surface area contributed by atoms with Crippen LogP contribution in [0, 0.1) is 5.92 Å². The van der Waals surface area contributed by atoms with Gasteiger partial charge in [0, 0.05) is 31.4 Å². The van der Waals surface area contributed by atoms with E-state index in [-0.39, 0.29) is 11.8 Å². The van der Waals surface area contributed by atoms with Crippen molar-refractivity contribution in [3.63, 3.8) is 0 Å². The van der Waals surface area contributed by atoms with Crippen molar-refractivity contribution in [2.24, 2.45) is 5.92 Å². The van der Waals surface area contributed by atoms with Gasteiger partial charge >= 0.3 is 0 Å². The number of pyridine rings is 1. The third-order valence-corrected chi connectivity index (χ3v) is 5.35. The second kappa shape index (κ2) is 7.26. The van der Waals surface area contributed by atoms with Crippen LogP contribution in [0.1, 0.15) is 43.6 Å². The van der Waals surface area contributed by atoms with E-state index in [0.29, 0.717) is 5.92 Å². The van der Waals surface area contributed by atoms with Gasteiger partial charge in [-0.1, -0.05) is 31.0 Å². The minimum Gasteiger partial charge on any atom is -0.370 e. The molecule has 2 atom stereocenters. The molecule has 2 fully saturated rings. The van der Waals surface area contributed by atoms with Gasteiger partial charge in [0.1, 0.15) is 0 Å². The molecule has 4 rings (SSSR count). The Morgan fingerprint density at radius 1 is 1.04 bits per heavy atom. The summed E-state index contributed by atoms with van der Waals surface area (Å²) in [4.78, 5) is 19.3. The van der Waals surface area contributed by atoms with E-state index in [9.17, 15) is 4.79 Å². The zero-order chi connectivity index (χ0) is 17.1. The molecule has 1 aliphatic carbocycles. The Labute approximate surface area is 149 Å². The maximum Gasteiger partial charge on any atom is 0.228 e. The maximum atomic E-state index is 12.7. The fourth-order valence-electron chi connectivity index (χ4n) is 3.84. The third kappa shape index (κ3) is 3.68. The van der Waals surface area contributed by atoms with Crippen LogP contribution in [0.5, 0.6) is 0 Å². The Morgan fingerprint density at radius 2 is 1.84 bits per heavy atom. The number of para-hydroxylation sites is 2. The number of hydrogen-bond donors (Lipinski definition) is 1. The standard InChI is InChI=1S/C21H25N3O/c25-21(18-14-17(18)16-8-7-11-22-15-16)23-19-9-3-4-10-20(19)24-12-5-1-2-6-13-24/h3-4,7-11,15,17-18H,1-2,5-6,12-14H2,(H,23,25)/t17-,18-/m1/s1. The smallest absolute Gasteiger partial charge is 0.228 e. The Kier molecular flexibility index (Phi) is 4.68. The van der Waals surface area contributed by atoms with E-state index in [1.54, 1.807) is 6.20 Å². The van der Waals surface area contributed by atoms with Crippen LogP contribution in [0.3, 0.4) is 0 Å². The lowest BCUT2D eigenvalue weighted by Gasteiger charge is -2.25. The molecule has 2 aliphatic rings. The van der Waals surface area contributed by atoms with Crippen LogP contribution in [0.15, 0.2) is 48.8 Å². The van der Waals surface area contributed by atoms with Crippen molar-refractivity contribution in [1.29, 1.82) is 0 Å². The Balaban J connectivity index is 1.45. The lowest BCUT2D eigenvalue weighted by atomic mass is 10.1. The highest BCUT2D eigenvalue weighted by Crippen LogP contribution is 2.48. The molecule has 1 saturated carbocycles. The number of carbonyl (C=O) groups is 1. The Bertz CT molecular complexity index is 723. The van der Waals surface area contributed by atoms with Crippen LogP contribution in [0.4, 0.5) is 11.4 Å². The number of carbonyl (C=O) groups excluding carboxylic acids is 1. The maximum absolute atomic E-state index is 12.7. The molecule has 1 saturated heterocycles. The minimum absolute atomic E-state index is 0.0707. The van der Waals surface area contributed by atoms with Crippen LogP contribution in [-0.4, -0.2) is 24.0 Å². The van der Waals surface area contributed by atoms with Crippen LogP contribution in [-0.2, 0) is 4.79 Å². The largest absolute Gasteiger partial charge is 0.370 e. The molecule has 0 spiro atoms. The Morgan fingerprint density at radius 3 is 2.60 bits per heavy atom. The number of amides is 1. The average molecular weight is 335 g/mol. The van der Waals surface area contributed by atoms with Crippen molar-refractivity contribution in [3.8, 4) is 0 Å². The summed E-state index contributed by atoms with van der Waals surface area (Å²) in [5.41, 5.74) is 3.28. The summed E-state index contributed by atoms with van der Waals surface area (Å²) in [6, 6.07) is 12.2. The summed E-state index contributed by atoms with van der Waals surface area (Å²) in [5, 5.41) is 3.19. The zero-order valence-electron chi connectivity index (χ0n) is 14.5. The van der Waals surface area contributed by atoms with E-state index in [1.165, 1.54) is 31.2 Å². The predicted octanol–water partition coefficient (Wildman–Crippen LogP) is 4.20. The molecule has 0 radical (unpaired) electrons. The summed E-state index contributed by atoms with van der Waals surface area (Å²) in [6.07, 6.45) is 9.65. The van der Waals surface area contributed by atoms with Gasteiger partial charge in [-0.15, -0.1) is 0 Å². The van der Waals surface area contributed by atoms with Gasteiger partial charge in [-0.25, -0.2) is 0 Å². The summed E-state index contributed by atoms with van der Waals surface area (Å²) in [7, 11) is 0. The van der Waals surface area contributed by atoms with Gasteiger partial charge < -0.3 is 10.2 Å². The van der Waals surface area contributed by atoms with E-state index in [4.69, 9.17) is 0 Å². The number of nitrogens with one attached hydrogen (secondary N) is 1. The molecule has 4 heteroatoms. The van der Waals surface area contributed by atoms with Gasteiger partial charge in [0.2, 0.25) is 5.91 Å². The molecule has 1 aromatic heterocycles. The SMILES string of the molecule is O=C(Nc1ccccc1N1CCCCCC1)[C@@H]1C[C@@H]1c1cccnc1. The second-order valence-electron chi connectivity index (χ2n) is 7.14. The average Bonchev–Trinajstić information content (AvgIpc) is 3.47. The topological polar surface area (TPSA) is 45.2 Å². The third-order valence-electron chi connectivity index (χ3n) is 5.35. The number of anilines is 2. The zero-order valence-corrected chi connectivity index (χ0v) is 14.5. The predicted molar refractivity (Wildman–Crippen MR) is 101 cm³/mol. The molecule has 130 valence electrons. The first kappa shape index (κ1) is 16.1. The quantitative estimate of drug-likeness (QED) is 0.910. The van der Waals surface area contributed by atoms with Crippen molar-refractivity contribution in [1.82, 2.24) is 4.98 Å². The number of nitrogens with zero attached hydrogens (tertiary/aromatic N) is 2. The van der Waals surface area contributed by atoms with Gasteiger partial charge in [-0.2, -0.15) is 0 Å². The minimum atomic E-state index is 0.0707. The first-order valence-electron chi connectivity index (χ1n) is 9.38. The molecule has 0 bridgehead atoms. The second-order valence-corrected chi connectivity index (χ2v) is 7.14.